The van der Waals surface area contributed by atoms with Gasteiger partial charge in [0.2, 0.25) is 0 Å². The maximum Gasteiger partial charge on any atom is 0.120 e. The minimum atomic E-state index is 0.202. The number of hydrogen-bond donors (Lipinski definition) is 0. The van der Waals surface area contributed by atoms with E-state index in [9.17, 15) is 0 Å². The van der Waals surface area contributed by atoms with Gasteiger partial charge in [-0.2, -0.15) is 5.26 Å². The number of hydrogen-bond acceptors (Lipinski definition) is 2. The molecule has 0 aromatic heterocycles. The zero-order chi connectivity index (χ0) is 10.4. The van der Waals surface area contributed by atoms with Crippen molar-refractivity contribution in [2.75, 3.05) is 7.11 Å². The molecule has 0 atom stereocenters. The fourth-order valence-electron chi connectivity index (χ4n) is 0.906. The van der Waals surface area contributed by atoms with Gasteiger partial charge >= 0.3 is 0 Å². The van der Waals surface area contributed by atoms with Crippen molar-refractivity contribution in [1.82, 2.24) is 0 Å². The maximum absolute atomic E-state index is 8.30. The molecule has 70 valence electrons. The molecule has 0 unspecified atom stereocenters. The van der Waals surface area contributed by atoms with Crippen molar-refractivity contribution >= 4 is 11.6 Å². The second kappa shape index (κ2) is 5.17. The molecule has 0 aliphatic carbocycles. The SMILES string of the molecule is COc1ccc(Cl)c(C#CCC#N)c1. The number of benzene rings is 1. The van der Waals surface area contributed by atoms with Crippen molar-refractivity contribution in [3.63, 3.8) is 0 Å². The third-order valence-electron chi connectivity index (χ3n) is 1.56. The van der Waals surface area contributed by atoms with Gasteiger partial charge in [0.25, 0.3) is 0 Å². The van der Waals surface area contributed by atoms with Crippen LogP contribution in [0.4, 0.5) is 0 Å². The zero-order valence-corrected chi connectivity index (χ0v) is 8.43. The summed E-state index contributed by atoms with van der Waals surface area (Å²) in [4.78, 5) is 0. The summed E-state index contributed by atoms with van der Waals surface area (Å²) in [6.07, 6.45) is 0.202. The van der Waals surface area contributed by atoms with Crippen LogP contribution in [-0.4, -0.2) is 7.11 Å². The summed E-state index contributed by atoms with van der Waals surface area (Å²) in [6.45, 7) is 0. The zero-order valence-electron chi connectivity index (χ0n) is 7.67. The summed E-state index contributed by atoms with van der Waals surface area (Å²) < 4.78 is 5.02. The standard InChI is InChI=1S/C11H8ClNO/c1-14-10-5-6-11(12)9(8-10)4-2-3-7-13/h5-6,8H,3H2,1H3. The van der Waals surface area contributed by atoms with Crippen LogP contribution in [0, 0.1) is 23.2 Å². The van der Waals surface area contributed by atoms with Gasteiger partial charge in [-0.3, -0.25) is 0 Å². The fraction of sp³-hybridized carbons (Fsp3) is 0.182. The molecule has 3 heteroatoms. The maximum atomic E-state index is 8.30. The second-order valence-electron chi connectivity index (χ2n) is 2.48. The van der Waals surface area contributed by atoms with Crippen molar-refractivity contribution in [1.29, 1.82) is 5.26 Å². The summed E-state index contributed by atoms with van der Waals surface area (Å²) in [5.41, 5.74) is 0.682. The minimum Gasteiger partial charge on any atom is -0.497 e. The predicted molar refractivity (Wildman–Crippen MR) is 55.1 cm³/mol. The van der Waals surface area contributed by atoms with E-state index >= 15 is 0 Å². The van der Waals surface area contributed by atoms with Gasteiger partial charge in [0.1, 0.15) is 5.75 Å². The van der Waals surface area contributed by atoms with Gasteiger partial charge in [-0.1, -0.05) is 23.4 Å². The molecule has 0 saturated heterocycles. The Bertz CT molecular complexity index is 423. The first-order valence-corrected chi connectivity index (χ1v) is 4.35. The predicted octanol–water partition coefficient (Wildman–Crippen LogP) is 2.61. The van der Waals surface area contributed by atoms with Crippen molar-refractivity contribution in [2.45, 2.75) is 6.42 Å². The molecule has 0 aliphatic heterocycles. The van der Waals surface area contributed by atoms with Crippen molar-refractivity contribution in [2.24, 2.45) is 0 Å². The van der Waals surface area contributed by atoms with Gasteiger partial charge < -0.3 is 4.74 Å². The minimum absolute atomic E-state index is 0.202. The van der Waals surface area contributed by atoms with Crippen molar-refractivity contribution in [3.05, 3.63) is 28.8 Å². The lowest BCUT2D eigenvalue weighted by atomic mass is 10.2. The topological polar surface area (TPSA) is 33.0 Å². The van der Waals surface area contributed by atoms with Crippen molar-refractivity contribution in [3.8, 4) is 23.7 Å². The van der Waals surface area contributed by atoms with E-state index in [1.165, 1.54) is 0 Å². The van der Waals surface area contributed by atoms with Crippen LogP contribution in [0.1, 0.15) is 12.0 Å². The summed E-state index contributed by atoms with van der Waals surface area (Å²) >= 11 is 5.89. The highest BCUT2D eigenvalue weighted by molar-refractivity contribution is 6.31. The molecular weight excluding hydrogens is 198 g/mol. The molecule has 0 amide bonds. The Morgan fingerprint density at radius 3 is 2.93 bits per heavy atom. The molecule has 1 aromatic carbocycles. The van der Waals surface area contributed by atoms with Gasteiger partial charge in [0, 0.05) is 5.56 Å². The van der Waals surface area contributed by atoms with Gasteiger partial charge in [-0.15, -0.1) is 0 Å². The largest absolute Gasteiger partial charge is 0.497 e. The highest BCUT2D eigenvalue weighted by Crippen LogP contribution is 2.20. The third kappa shape index (κ3) is 2.69. The average Bonchev–Trinajstić information content (AvgIpc) is 2.21. The summed E-state index contributed by atoms with van der Waals surface area (Å²) in [6, 6.07) is 7.16. The average molecular weight is 206 g/mol. The molecule has 0 heterocycles. The highest BCUT2D eigenvalue weighted by atomic mass is 35.5. The second-order valence-corrected chi connectivity index (χ2v) is 2.89. The van der Waals surface area contributed by atoms with Crippen LogP contribution >= 0.6 is 11.6 Å². The van der Waals surface area contributed by atoms with Crippen molar-refractivity contribution < 1.29 is 4.74 Å². The Balaban J connectivity index is 2.98. The number of rotatable bonds is 1. The number of methoxy groups -OCH3 is 1. The molecule has 1 aromatic rings. The number of ether oxygens (including phenoxy) is 1. The molecule has 2 nitrogen and oxygen atoms in total. The lowest BCUT2D eigenvalue weighted by Crippen LogP contribution is -1.84. The Morgan fingerprint density at radius 2 is 2.29 bits per heavy atom. The molecule has 1 rings (SSSR count). The molecule has 0 spiro atoms. The Morgan fingerprint density at radius 1 is 1.50 bits per heavy atom. The van der Waals surface area contributed by atoms with E-state index in [1.54, 1.807) is 25.3 Å². The van der Waals surface area contributed by atoms with Crippen LogP contribution in [0.3, 0.4) is 0 Å². The normalized spacial score (nSPS) is 8.36. The van der Waals surface area contributed by atoms with Gasteiger partial charge in [-0.25, -0.2) is 0 Å². The van der Waals surface area contributed by atoms with Crippen LogP contribution < -0.4 is 4.74 Å². The van der Waals surface area contributed by atoms with E-state index in [1.807, 2.05) is 6.07 Å². The number of nitriles is 1. The van der Waals surface area contributed by atoms with Crippen LogP contribution in [0.25, 0.3) is 0 Å². The summed E-state index contributed by atoms with van der Waals surface area (Å²) in [5, 5.41) is 8.87. The molecule has 0 aliphatic rings. The van der Waals surface area contributed by atoms with Gasteiger partial charge in [-0.05, 0) is 18.2 Å². The van der Waals surface area contributed by atoms with E-state index in [0.717, 1.165) is 0 Å². The quantitative estimate of drug-likeness (QED) is 0.661. The molecule has 0 saturated carbocycles. The molecule has 0 bridgehead atoms. The Kier molecular flexibility index (Phi) is 3.85. The lowest BCUT2D eigenvalue weighted by Gasteiger charge is -2.00. The van der Waals surface area contributed by atoms with E-state index in [4.69, 9.17) is 21.6 Å². The van der Waals surface area contributed by atoms with Crippen LogP contribution in [0.5, 0.6) is 5.75 Å². The Hall–Kier alpha value is -1.64. The molecule has 0 N–H and O–H groups in total. The first kappa shape index (κ1) is 10.4. The van der Waals surface area contributed by atoms with E-state index in [2.05, 4.69) is 11.8 Å². The van der Waals surface area contributed by atoms with Crippen LogP contribution in [0.2, 0.25) is 5.02 Å². The molecule has 0 fully saturated rings. The Labute approximate surface area is 88.1 Å². The van der Waals surface area contributed by atoms with E-state index in [0.29, 0.717) is 16.3 Å². The third-order valence-corrected chi connectivity index (χ3v) is 1.89. The fourth-order valence-corrected chi connectivity index (χ4v) is 1.07. The number of halogens is 1. The lowest BCUT2D eigenvalue weighted by molar-refractivity contribution is 0.414. The first-order chi connectivity index (χ1) is 6.77. The molecular formula is C11H8ClNO. The number of nitrogens with zero attached hydrogens (tertiary/aromatic N) is 1. The van der Waals surface area contributed by atoms with Gasteiger partial charge in [0.15, 0.2) is 0 Å². The first-order valence-electron chi connectivity index (χ1n) is 3.97. The monoisotopic (exact) mass is 205 g/mol. The smallest absolute Gasteiger partial charge is 0.120 e. The van der Waals surface area contributed by atoms with E-state index in [-0.39, 0.29) is 6.42 Å². The van der Waals surface area contributed by atoms with Crippen LogP contribution in [0.15, 0.2) is 18.2 Å². The summed E-state index contributed by atoms with van der Waals surface area (Å²) in [7, 11) is 1.58. The summed E-state index contributed by atoms with van der Waals surface area (Å²) in [5.74, 6) is 6.20. The van der Waals surface area contributed by atoms with Crippen LogP contribution in [-0.2, 0) is 0 Å². The molecule has 14 heavy (non-hydrogen) atoms. The highest BCUT2D eigenvalue weighted by Gasteiger charge is 1.98. The van der Waals surface area contributed by atoms with Gasteiger partial charge in [0.05, 0.1) is 24.6 Å². The van der Waals surface area contributed by atoms with E-state index < -0.39 is 0 Å². The molecule has 0 radical (unpaired) electrons.